The maximum Gasteiger partial charge on any atom is 0.333 e. The predicted molar refractivity (Wildman–Crippen MR) is 97.4 cm³/mol. The molecule has 1 amide bonds. The lowest BCUT2D eigenvalue weighted by Gasteiger charge is -2.10. The van der Waals surface area contributed by atoms with Crippen molar-refractivity contribution in [2.45, 2.75) is 58.5 Å². The molecule has 160 valence electrons. The van der Waals surface area contributed by atoms with E-state index in [4.69, 9.17) is 9.84 Å². The van der Waals surface area contributed by atoms with E-state index in [-0.39, 0.29) is 17.6 Å². The van der Waals surface area contributed by atoms with Crippen molar-refractivity contribution in [1.82, 2.24) is 9.78 Å². The molecule has 1 aliphatic heterocycles. The summed E-state index contributed by atoms with van der Waals surface area (Å²) in [5, 5.41) is 15.1. The van der Waals surface area contributed by atoms with Crippen molar-refractivity contribution in [1.29, 1.82) is 0 Å². The number of aryl methyl sites for hydroxylation is 1. The van der Waals surface area contributed by atoms with E-state index < -0.39 is 30.4 Å². The van der Waals surface area contributed by atoms with Gasteiger partial charge in [-0.05, 0) is 39.7 Å². The van der Waals surface area contributed by atoms with E-state index in [0.29, 0.717) is 22.5 Å². The number of ether oxygens (including phenoxy) is 1. The minimum Gasteiger partial charge on any atom is -0.389 e. The summed E-state index contributed by atoms with van der Waals surface area (Å²) < 4.78 is 55.9. The number of aliphatic hydroxyl groups is 1. The maximum absolute atomic E-state index is 12.7. The van der Waals surface area contributed by atoms with Crippen molar-refractivity contribution in [3.8, 4) is 0 Å². The summed E-state index contributed by atoms with van der Waals surface area (Å²) in [7, 11) is 0. The number of carbonyl (C=O) groups excluding carboxylic acids is 1. The number of hydrogen-bond donors (Lipinski definition) is 2. The zero-order valence-corrected chi connectivity index (χ0v) is 16.2. The minimum atomic E-state index is -2.71. The molecule has 0 aliphatic carbocycles. The van der Waals surface area contributed by atoms with E-state index in [1.165, 1.54) is 19.1 Å². The maximum atomic E-state index is 12.7. The topological polar surface area (TPSA) is 76.4 Å². The Morgan fingerprint density at radius 2 is 2.03 bits per heavy atom. The van der Waals surface area contributed by atoms with E-state index in [1.54, 1.807) is 6.92 Å². The molecule has 0 saturated carbocycles. The highest BCUT2D eigenvalue weighted by Gasteiger charge is 2.28. The largest absolute Gasteiger partial charge is 0.389 e. The van der Waals surface area contributed by atoms with Crippen molar-refractivity contribution in [2.75, 3.05) is 5.32 Å². The minimum absolute atomic E-state index is 0.00926. The van der Waals surface area contributed by atoms with Gasteiger partial charge in [0.25, 0.3) is 5.91 Å². The number of nitrogens with zero attached hydrogens (tertiary/aromatic N) is 2. The molecule has 3 rings (SSSR count). The molecular formula is C19H23F4N3O3. The van der Waals surface area contributed by atoms with Gasteiger partial charge in [0.1, 0.15) is 6.10 Å². The Bertz CT molecular complexity index is 842. The number of alkyl halides is 2. The van der Waals surface area contributed by atoms with Gasteiger partial charge in [-0.15, -0.1) is 0 Å². The van der Waals surface area contributed by atoms with E-state index in [9.17, 15) is 22.4 Å². The molecule has 1 aromatic carbocycles. The number of aliphatic hydroxyl groups excluding tert-OH is 1. The normalized spacial score (nSPS) is 19.6. The lowest BCUT2D eigenvalue weighted by Crippen LogP contribution is -2.27. The first-order chi connectivity index (χ1) is 13.6. The van der Waals surface area contributed by atoms with Crippen LogP contribution in [-0.4, -0.2) is 33.0 Å². The van der Waals surface area contributed by atoms with Gasteiger partial charge in [-0.2, -0.15) is 13.9 Å². The SMILES string of the molecule is CC(O)c1cccc(F)c1F.Cc1nn(C(F)F)cc1NC(=O)C1CCC(C)O1. The number of carbonyl (C=O) groups is 1. The van der Waals surface area contributed by atoms with Crippen molar-refractivity contribution in [3.63, 3.8) is 0 Å². The van der Waals surface area contributed by atoms with Gasteiger partial charge in [-0.3, -0.25) is 4.79 Å². The van der Waals surface area contributed by atoms with Gasteiger partial charge >= 0.3 is 6.55 Å². The van der Waals surface area contributed by atoms with Crippen LogP contribution in [-0.2, 0) is 9.53 Å². The first-order valence-corrected chi connectivity index (χ1v) is 9.02. The van der Waals surface area contributed by atoms with Crippen LogP contribution in [0.25, 0.3) is 0 Å². The van der Waals surface area contributed by atoms with Crippen molar-refractivity contribution < 1.29 is 32.2 Å². The van der Waals surface area contributed by atoms with Crippen LogP contribution < -0.4 is 5.32 Å². The summed E-state index contributed by atoms with van der Waals surface area (Å²) in [5.74, 6) is -2.21. The van der Waals surface area contributed by atoms with Gasteiger partial charge in [-0.25, -0.2) is 13.5 Å². The molecule has 2 aromatic rings. The first-order valence-electron chi connectivity index (χ1n) is 9.02. The lowest BCUT2D eigenvalue weighted by molar-refractivity contribution is -0.126. The molecule has 0 bridgehead atoms. The Kier molecular flexibility index (Phi) is 7.74. The summed E-state index contributed by atoms with van der Waals surface area (Å²) in [5.41, 5.74) is 0.642. The molecule has 3 unspecified atom stereocenters. The second-order valence-electron chi connectivity index (χ2n) is 6.71. The third-order valence-corrected chi connectivity index (χ3v) is 4.33. The van der Waals surface area contributed by atoms with Crippen molar-refractivity contribution in [2.24, 2.45) is 0 Å². The van der Waals surface area contributed by atoms with Crippen LogP contribution in [0, 0.1) is 18.6 Å². The Hall–Kier alpha value is -2.46. The number of benzene rings is 1. The molecule has 1 fully saturated rings. The average Bonchev–Trinajstić information content (AvgIpc) is 3.24. The number of aromatic nitrogens is 2. The Morgan fingerprint density at radius 1 is 1.34 bits per heavy atom. The summed E-state index contributed by atoms with van der Waals surface area (Å²) >= 11 is 0. The summed E-state index contributed by atoms with van der Waals surface area (Å²) in [6.07, 6.45) is 1.18. The van der Waals surface area contributed by atoms with Crippen LogP contribution in [0.15, 0.2) is 24.4 Å². The molecule has 2 N–H and O–H groups in total. The second kappa shape index (κ2) is 9.84. The predicted octanol–water partition coefficient (Wildman–Crippen LogP) is 4.11. The van der Waals surface area contributed by atoms with Gasteiger partial charge in [-0.1, -0.05) is 12.1 Å². The molecule has 2 heterocycles. The van der Waals surface area contributed by atoms with Crippen molar-refractivity contribution in [3.05, 3.63) is 47.3 Å². The van der Waals surface area contributed by atoms with Crippen molar-refractivity contribution >= 4 is 11.6 Å². The monoisotopic (exact) mass is 417 g/mol. The molecule has 10 heteroatoms. The van der Waals surface area contributed by atoms with Gasteiger partial charge in [0.05, 0.1) is 29.8 Å². The van der Waals surface area contributed by atoms with E-state index in [2.05, 4.69) is 10.4 Å². The fourth-order valence-corrected chi connectivity index (χ4v) is 2.76. The number of anilines is 1. The highest BCUT2D eigenvalue weighted by atomic mass is 19.3. The number of hydrogen-bond acceptors (Lipinski definition) is 4. The van der Waals surface area contributed by atoms with Crippen LogP contribution in [0.5, 0.6) is 0 Å². The molecule has 1 aromatic heterocycles. The smallest absolute Gasteiger partial charge is 0.333 e. The summed E-state index contributed by atoms with van der Waals surface area (Å²) in [4.78, 5) is 11.8. The fraction of sp³-hybridized carbons (Fsp3) is 0.474. The van der Waals surface area contributed by atoms with Crippen LogP contribution >= 0.6 is 0 Å². The number of halogens is 4. The molecule has 29 heavy (non-hydrogen) atoms. The first kappa shape index (κ1) is 22.8. The molecule has 1 saturated heterocycles. The molecule has 0 spiro atoms. The Morgan fingerprint density at radius 3 is 2.52 bits per heavy atom. The average molecular weight is 417 g/mol. The fourth-order valence-electron chi connectivity index (χ4n) is 2.76. The third kappa shape index (κ3) is 6.01. The standard InChI is InChI=1S/C11H15F2N3O2.C8H8F2O/c1-6-3-4-9(18-6)10(17)14-8-5-16(11(12)13)15-7(8)2;1-5(11)6-3-2-4-7(9)8(6)10/h5-6,9,11H,3-4H2,1-2H3,(H,14,17);2-5,11H,1H3. The molecule has 1 aliphatic rings. The number of amides is 1. The van der Waals surface area contributed by atoms with Gasteiger partial charge in [0.2, 0.25) is 0 Å². The molecule has 3 atom stereocenters. The second-order valence-corrected chi connectivity index (χ2v) is 6.71. The Balaban J connectivity index is 0.000000234. The Labute approximate surface area is 165 Å². The number of nitrogens with one attached hydrogen (secondary N) is 1. The van der Waals surface area contributed by atoms with Gasteiger partial charge in [0.15, 0.2) is 11.6 Å². The zero-order valence-electron chi connectivity index (χ0n) is 16.2. The summed E-state index contributed by atoms with van der Waals surface area (Å²) in [6, 6.07) is 3.73. The quantitative estimate of drug-likeness (QED) is 0.734. The molecule has 0 radical (unpaired) electrons. The highest BCUT2D eigenvalue weighted by Crippen LogP contribution is 2.22. The molecule has 6 nitrogen and oxygen atoms in total. The van der Waals surface area contributed by atoms with Crippen LogP contribution in [0.1, 0.15) is 50.6 Å². The van der Waals surface area contributed by atoms with E-state index in [0.717, 1.165) is 18.7 Å². The third-order valence-electron chi connectivity index (χ3n) is 4.33. The van der Waals surface area contributed by atoms with Crippen LogP contribution in [0.4, 0.5) is 23.2 Å². The van der Waals surface area contributed by atoms with E-state index >= 15 is 0 Å². The molecular weight excluding hydrogens is 394 g/mol. The highest BCUT2D eigenvalue weighted by molar-refractivity contribution is 5.94. The van der Waals surface area contributed by atoms with Gasteiger partial charge < -0.3 is 15.2 Å². The van der Waals surface area contributed by atoms with Crippen LogP contribution in [0.3, 0.4) is 0 Å². The van der Waals surface area contributed by atoms with E-state index in [1.807, 2.05) is 6.92 Å². The zero-order chi connectivity index (χ0) is 21.7. The number of rotatable bonds is 4. The van der Waals surface area contributed by atoms with Gasteiger partial charge in [0, 0.05) is 5.56 Å². The lowest BCUT2D eigenvalue weighted by atomic mass is 10.1. The van der Waals surface area contributed by atoms with Crippen LogP contribution in [0.2, 0.25) is 0 Å². The summed E-state index contributed by atoms with van der Waals surface area (Å²) in [6.45, 7) is 2.13.